The van der Waals surface area contributed by atoms with Crippen LogP contribution in [0.1, 0.15) is 82.3 Å². The maximum absolute atomic E-state index is 5.86. The molecule has 1 heterocycles. The zero-order valence-electron chi connectivity index (χ0n) is 17.8. The molecule has 0 saturated heterocycles. The second kappa shape index (κ2) is 15.1. The predicted molar refractivity (Wildman–Crippen MR) is 122 cm³/mol. The molecule has 28 heavy (non-hydrogen) atoms. The second-order valence-electron chi connectivity index (χ2n) is 8.06. The van der Waals surface area contributed by atoms with Crippen molar-refractivity contribution in [2.45, 2.75) is 83.7 Å². The monoisotopic (exact) mass is 406 g/mol. The summed E-state index contributed by atoms with van der Waals surface area (Å²) in [7, 11) is 0. The molecule has 0 aliphatic carbocycles. The largest absolute Gasteiger partial charge is 0.378 e. The van der Waals surface area contributed by atoms with Gasteiger partial charge in [-0.25, -0.2) is 4.58 Å². The van der Waals surface area contributed by atoms with Crippen molar-refractivity contribution >= 4 is 19.1 Å². The fraction of sp³-hybridized carbons (Fsp3) is 0.708. The Balaban J connectivity index is 1.50. The van der Waals surface area contributed by atoms with E-state index in [1.165, 1.54) is 68.9 Å². The first-order valence-corrected chi connectivity index (χ1v) is 11.7. The molecule has 1 aliphatic heterocycles. The SMILES string of the molecule is CCCCCCCCCCCCOCC(C[N+]1=Cc2ccccc2CC1)OS. The quantitative estimate of drug-likeness (QED) is 0.161. The third-order valence-corrected chi connectivity index (χ3v) is 5.88. The number of unbranched alkanes of at least 4 members (excludes halogenated alkanes) is 9. The highest BCUT2D eigenvalue weighted by Crippen LogP contribution is 2.13. The minimum Gasteiger partial charge on any atom is -0.378 e. The molecule has 3 nitrogen and oxygen atoms in total. The van der Waals surface area contributed by atoms with Gasteiger partial charge in [0.15, 0.2) is 18.9 Å². The van der Waals surface area contributed by atoms with E-state index in [2.05, 4.69) is 54.9 Å². The van der Waals surface area contributed by atoms with Crippen LogP contribution in [-0.4, -0.2) is 43.2 Å². The Labute approximate surface area is 178 Å². The van der Waals surface area contributed by atoms with Gasteiger partial charge in [0.1, 0.15) is 6.54 Å². The van der Waals surface area contributed by atoms with Gasteiger partial charge in [0.25, 0.3) is 0 Å². The minimum absolute atomic E-state index is 0.00738. The zero-order valence-corrected chi connectivity index (χ0v) is 18.7. The highest BCUT2D eigenvalue weighted by Gasteiger charge is 2.20. The Kier molecular flexibility index (Phi) is 12.6. The topological polar surface area (TPSA) is 21.5 Å². The average Bonchev–Trinajstić information content (AvgIpc) is 2.73. The maximum atomic E-state index is 5.86. The van der Waals surface area contributed by atoms with Crippen LogP contribution < -0.4 is 0 Å². The summed E-state index contributed by atoms with van der Waals surface area (Å²) in [5.74, 6) is 0. The van der Waals surface area contributed by atoms with Gasteiger partial charge < -0.3 is 8.92 Å². The van der Waals surface area contributed by atoms with E-state index in [-0.39, 0.29) is 6.10 Å². The second-order valence-corrected chi connectivity index (χ2v) is 8.27. The molecule has 1 aliphatic rings. The van der Waals surface area contributed by atoms with Crippen LogP contribution >= 0.6 is 12.9 Å². The molecule has 2 rings (SSSR count). The van der Waals surface area contributed by atoms with Crippen LogP contribution in [0.25, 0.3) is 0 Å². The smallest absolute Gasteiger partial charge is 0.172 e. The molecule has 0 spiro atoms. The fourth-order valence-corrected chi connectivity index (χ4v) is 3.97. The molecule has 0 radical (unpaired) electrons. The van der Waals surface area contributed by atoms with E-state index in [0.29, 0.717) is 6.61 Å². The Bertz CT molecular complexity index is 561. The van der Waals surface area contributed by atoms with Crippen LogP contribution in [0.5, 0.6) is 0 Å². The lowest BCUT2D eigenvalue weighted by Gasteiger charge is -2.17. The van der Waals surface area contributed by atoms with E-state index in [9.17, 15) is 0 Å². The third kappa shape index (κ3) is 9.58. The summed E-state index contributed by atoms with van der Waals surface area (Å²) in [5.41, 5.74) is 2.75. The molecule has 1 unspecified atom stereocenters. The maximum Gasteiger partial charge on any atom is 0.172 e. The molecule has 0 saturated carbocycles. The van der Waals surface area contributed by atoms with Crippen molar-refractivity contribution < 1.29 is 13.5 Å². The van der Waals surface area contributed by atoms with Gasteiger partial charge in [0, 0.05) is 18.6 Å². The van der Waals surface area contributed by atoms with Gasteiger partial charge in [-0.15, -0.1) is 0 Å². The third-order valence-electron chi connectivity index (χ3n) is 5.58. The van der Waals surface area contributed by atoms with Gasteiger partial charge in [-0.05, 0) is 31.0 Å². The van der Waals surface area contributed by atoms with Crippen LogP contribution in [0, 0.1) is 0 Å². The summed E-state index contributed by atoms with van der Waals surface area (Å²) >= 11 is 4.06. The van der Waals surface area contributed by atoms with E-state index >= 15 is 0 Å². The summed E-state index contributed by atoms with van der Waals surface area (Å²) in [6, 6.07) is 8.61. The Morgan fingerprint density at radius 3 is 2.36 bits per heavy atom. The van der Waals surface area contributed by atoms with E-state index in [4.69, 9.17) is 8.92 Å². The minimum atomic E-state index is 0.00738. The molecule has 4 heteroatoms. The van der Waals surface area contributed by atoms with Crippen molar-refractivity contribution in [1.82, 2.24) is 0 Å². The first-order chi connectivity index (χ1) is 13.8. The van der Waals surface area contributed by atoms with Gasteiger partial charge in [0.05, 0.1) is 6.61 Å². The summed E-state index contributed by atoms with van der Waals surface area (Å²) in [6.45, 7) is 5.58. The molecule has 0 aromatic heterocycles. The lowest BCUT2D eigenvalue weighted by atomic mass is 10.0. The molecular weight excluding hydrogens is 366 g/mol. The number of rotatable bonds is 16. The molecule has 0 amide bonds. The fourth-order valence-electron chi connectivity index (χ4n) is 3.84. The van der Waals surface area contributed by atoms with Crippen molar-refractivity contribution in [1.29, 1.82) is 0 Å². The summed E-state index contributed by atoms with van der Waals surface area (Å²) in [5, 5.41) is 0. The van der Waals surface area contributed by atoms with Gasteiger partial charge in [0.2, 0.25) is 0 Å². The van der Waals surface area contributed by atoms with Gasteiger partial charge >= 0.3 is 0 Å². The van der Waals surface area contributed by atoms with Crippen molar-refractivity contribution in [2.75, 3.05) is 26.3 Å². The van der Waals surface area contributed by atoms with E-state index in [1.807, 2.05) is 0 Å². The molecule has 1 aromatic carbocycles. The standard InChI is InChI=1S/C24H39NO2S/c1-2-3-4-5-6-7-8-9-10-13-18-26-21-24(27-28)20-25-17-16-22-14-11-12-15-23(22)19-25/h11-12,14-15,19,24H,2-10,13,16-18,20-21H2,1H3/p+1. The average molecular weight is 407 g/mol. The Morgan fingerprint density at radius 1 is 0.964 bits per heavy atom. The molecule has 1 atom stereocenters. The highest BCUT2D eigenvalue weighted by atomic mass is 32.1. The number of benzene rings is 1. The number of ether oxygens (including phenoxy) is 1. The lowest BCUT2D eigenvalue weighted by molar-refractivity contribution is -0.532. The van der Waals surface area contributed by atoms with Crippen LogP contribution in [-0.2, 0) is 15.3 Å². The van der Waals surface area contributed by atoms with E-state index in [1.54, 1.807) is 0 Å². The number of hydrogen-bond donors (Lipinski definition) is 1. The molecule has 0 fully saturated rings. The summed E-state index contributed by atoms with van der Waals surface area (Å²) in [6.07, 6.45) is 16.9. The van der Waals surface area contributed by atoms with Crippen LogP contribution in [0.15, 0.2) is 24.3 Å². The predicted octanol–water partition coefficient (Wildman–Crippen LogP) is 5.84. The van der Waals surface area contributed by atoms with Crippen LogP contribution in [0.3, 0.4) is 0 Å². The number of fused-ring (bicyclic) bond motifs is 1. The first-order valence-electron chi connectivity index (χ1n) is 11.4. The van der Waals surface area contributed by atoms with Gasteiger partial charge in [-0.3, -0.25) is 0 Å². The van der Waals surface area contributed by atoms with Crippen molar-refractivity contribution in [3.8, 4) is 0 Å². The molecule has 1 aromatic rings. The number of thiol groups is 1. The lowest BCUT2D eigenvalue weighted by Crippen LogP contribution is -2.33. The van der Waals surface area contributed by atoms with Gasteiger partial charge in [-0.2, -0.15) is 0 Å². The van der Waals surface area contributed by atoms with Crippen molar-refractivity contribution in [2.24, 2.45) is 0 Å². The van der Waals surface area contributed by atoms with Crippen LogP contribution in [0.4, 0.5) is 0 Å². The molecular formula is C24H40NO2S+. The van der Waals surface area contributed by atoms with Crippen molar-refractivity contribution in [3.63, 3.8) is 0 Å². The van der Waals surface area contributed by atoms with Crippen LogP contribution in [0.2, 0.25) is 0 Å². The Morgan fingerprint density at radius 2 is 1.64 bits per heavy atom. The van der Waals surface area contributed by atoms with E-state index in [0.717, 1.165) is 32.5 Å². The Hall–Kier alpha value is -0.840. The van der Waals surface area contributed by atoms with Gasteiger partial charge in [-0.1, -0.05) is 82.9 Å². The molecule has 158 valence electrons. The zero-order chi connectivity index (χ0) is 19.9. The highest BCUT2D eigenvalue weighted by molar-refractivity contribution is 7.75. The van der Waals surface area contributed by atoms with E-state index < -0.39 is 0 Å². The number of nitrogens with zero attached hydrogens (tertiary/aromatic N) is 1. The summed E-state index contributed by atoms with van der Waals surface area (Å²) in [4.78, 5) is 0. The molecule has 0 N–H and O–H groups in total. The normalized spacial score (nSPS) is 14.6. The van der Waals surface area contributed by atoms with Crippen molar-refractivity contribution in [3.05, 3.63) is 35.4 Å². The molecule has 0 bridgehead atoms. The number of hydrogen-bond acceptors (Lipinski definition) is 3. The first kappa shape index (κ1) is 23.4. The summed E-state index contributed by atoms with van der Waals surface area (Å²) < 4.78 is 13.5.